The molecule has 14 heteroatoms. The average Bonchev–Trinajstić information content (AvgIpc) is 3.55. The van der Waals surface area contributed by atoms with Crippen molar-refractivity contribution in [2.75, 3.05) is 0 Å². The Balaban J connectivity index is 1.60. The number of imidazole rings is 1. The quantitative estimate of drug-likeness (QED) is 0.302. The van der Waals surface area contributed by atoms with Crippen molar-refractivity contribution in [3.8, 4) is 28.8 Å². The molecule has 2 aromatic heterocycles. The fraction of sp³-hybridized carbons (Fsp3) is 0.276. The fourth-order valence-corrected chi connectivity index (χ4v) is 5.38. The highest BCUT2D eigenvalue weighted by atomic mass is 19.4. The van der Waals surface area contributed by atoms with Crippen LogP contribution in [0.5, 0.6) is 0 Å². The number of aromatic nitrogens is 4. The van der Waals surface area contributed by atoms with Crippen molar-refractivity contribution in [2.24, 2.45) is 0 Å². The Morgan fingerprint density at radius 3 is 2.26 bits per heavy atom. The smallest absolute Gasteiger partial charge is 0.416 e. The number of alkyl halides is 3. The molecule has 2 aromatic carbocycles. The van der Waals surface area contributed by atoms with Gasteiger partial charge in [-0.1, -0.05) is 6.07 Å². The third kappa shape index (κ3) is 5.87. The molecule has 0 spiro atoms. The normalized spacial score (nSPS) is 16.8. The van der Waals surface area contributed by atoms with Crippen LogP contribution < -0.4 is 16.3 Å². The van der Waals surface area contributed by atoms with E-state index in [0.29, 0.717) is 42.6 Å². The summed E-state index contributed by atoms with van der Waals surface area (Å²) < 4.78 is 44.0. The fourth-order valence-electron chi connectivity index (χ4n) is 5.38. The Bertz CT molecular complexity index is 1770. The van der Waals surface area contributed by atoms with Gasteiger partial charge in [-0.3, -0.25) is 4.57 Å². The number of benzene rings is 2. The van der Waals surface area contributed by atoms with E-state index in [4.69, 9.17) is 10.4 Å². The summed E-state index contributed by atoms with van der Waals surface area (Å²) in [4.78, 5) is 38.6. The van der Waals surface area contributed by atoms with Gasteiger partial charge in [0.15, 0.2) is 0 Å². The number of hydrogen-bond acceptors (Lipinski definition) is 5. The topological polar surface area (TPSA) is 147 Å². The zero-order valence-electron chi connectivity index (χ0n) is 22.8. The predicted molar refractivity (Wildman–Crippen MR) is 148 cm³/mol. The number of hydrogen-bond donors (Lipinski definition) is 3. The summed E-state index contributed by atoms with van der Waals surface area (Å²) in [6, 6.07) is 12.9. The minimum absolute atomic E-state index is 0.0742. The van der Waals surface area contributed by atoms with Gasteiger partial charge in [0.1, 0.15) is 5.69 Å². The van der Waals surface area contributed by atoms with Gasteiger partial charge in [-0.2, -0.15) is 23.5 Å². The third-order valence-corrected chi connectivity index (χ3v) is 7.43. The van der Waals surface area contributed by atoms with Crippen LogP contribution in [0.25, 0.3) is 22.8 Å². The Labute approximate surface area is 242 Å². The maximum atomic E-state index is 13.9. The molecule has 222 valence electrons. The number of nitrogens with one attached hydrogen (secondary N) is 2. The lowest BCUT2D eigenvalue weighted by atomic mass is 9.91. The second-order valence-corrected chi connectivity index (χ2v) is 10.2. The Hall–Kier alpha value is -5.32. The van der Waals surface area contributed by atoms with E-state index in [9.17, 15) is 27.6 Å². The van der Waals surface area contributed by atoms with E-state index in [1.54, 1.807) is 30.3 Å². The first-order valence-electron chi connectivity index (χ1n) is 13.3. The van der Waals surface area contributed by atoms with Crippen LogP contribution in [-0.4, -0.2) is 48.2 Å². The van der Waals surface area contributed by atoms with Crippen molar-refractivity contribution < 1.29 is 27.9 Å². The Kier molecular flexibility index (Phi) is 7.81. The molecule has 5 rings (SSSR count). The molecule has 4 aromatic rings. The zero-order chi connectivity index (χ0) is 30.9. The summed E-state index contributed by atoms with van der Waals surface area (Å²) in [6.07, 6.45) is -2.46. The van der Waals surface area contributed by atoms with Crippen LogP contribution in [-0.2, 0) is 6.18 Å². The summed E-state index contributed by atoms with van der Waals surface area (Å²) in [6.45, 7) is 1.53. The lowest BCUT2D eigenvalue weighted by Crippen LogP contribution is -2.46. The van der Waals surface area contributed by atoms with Crippen LogP contribution in [0.2, 0.25) is 0 Å². The number of nitriles is 1. The molecule has 1 aliphatic rings. The summed E-state index contributed by atoms with van der Waals surface area (Å²) >= 11 is 0. The number of amides is 2. The number of nitrogens with zero attached hydrogens (tertiary/aromatic N) is 5. The van der Waals surface area contributed by atoms with Gasteiger partial charge >= 0.3 is 24.0 Å². The number of carboxylic acid groups (broad SMARTS) is 1. The number of carbonyl (C=O) groups is 2. The third-order valence-electron chi connectivity index (χ3n) is 7.43. The molecule has 1 saturated carbocycles. The molecule has 2 heterocycles. The second-order valence-electron chi connectivity index (χ2n) is 10.2. The molecule has 11 nitrogen and oxygen atoms in total. The minimum atomic E-state index is -4.65. The van der Waals surface area contributed by atoms with Crippen molar-refractivity contribution in [2.45, 2.75) is 50.9 Å². The van der Waals surface area contributed by atoms with E-state index in [1.807, 2.05) is 6.07 Å². The van der Waals surface area contributed by atoms with E-state index < -0.39 is 29.6 Å². The minimum Gasteiger partial charge on any atom is -0.465 e. The highest BCUT2D eigenvalue weighted by Crippen LogP contribution is 2.32. The van der Waals surface area contributed by atoms with E-state index in [0.717, 1.165) is 21.3 Å². The van der Waals surface area contributed by atoms with E-state index in [1.165, 1.54) is 29.9 Å². The molecule has 2 amide bonds. The molecule has 0 unspecified atom stereocenters. The molecule has 0 atom stereocenters. The molecule has 43 heavy (non-hydrogen) atoms. The van der Waals surface area contributed by atoms with Gasteiger partial charge in [-0.05, 0) is 81.1 Å². The van der Waals surface area contributed by atoms with Crippen molar-refractivity contribution >= 4 is 12.1 Å². The molecule has 0 bridgehead atoms. The first-order valence-corrected chi connectivity index (χ1v) is 13.3. The van der Waals surface area contributed by atoms with Crippen molar-refractivity contribution in [1.29, 1.82) is 5.26 Å². The van der Waals surface area contributed by atoms with Gasteiger partial charge in [0, 0.05) is 12.1 Å². The van der Waals surface area contributed by atoms with E-state index in [-0.39, 0.29) is 29.2 Å². The van der Waals surface area contributed by atoms with E-state index >= 15 is 0 Å². The summed E-state index contributed by atoms with van der Waals surface area (Å²) in [5.74, 6) is 0. The molecular formula is C29H26F3N7O4. The van der Waals surface area contributed by atoms with Crippen molar-refractivity contribution in [3.63, 3.8) is 0 Å². The maximum Gasteiger partial charge on any atom is 0.416 e. The zero-order valence-corrected chi connectivity index (χ0v) is 22.8. The number of halogens is 3. The van der Waals surface area contributed by atoms with Crippen molar-refractivity contribution in [3.05, 3.63) is 88.1 Å². The number of rotatable bonds is 5. The molecule has 3 N–H and O–H groups in total. The highest BCUT2D eigenvalue weighted by molar-refractivity contribution is 5.83. The molecule has 1 fully saturated rings. The SMILES string of the molecule is Cc1c(-c2ccnn2-c2ccc(C#N)cc2)n(C(=O)NC2CCC(NC(=O)O)CC2)c(=O)n1-c1cccc(C(F)(F)F)c1. The van der Waals surface area contributed by atoms with Crippen LogP contribution in [0.1, 0.15) is 42.5 Å². The van der Waals surface area contributed by atoms with Gasteiger partial charge in [0.2, 0.25) is 0 Å². The summed E-state index contributed by atoms with van der Waals surface area (Å²) in [7, 11) is 0. The van der Waals surface area contributed by atoms with Crippen molar-refractivity contribution in [1.82, 2.24) is 29.5 Å². The average molecular weight is 594 g/mol. The van der Waals surface area contributed by atoms with Gasteiger partial charge < -0.3 is 15.7 Å². The second kappa shape index (κ2) is 11.5. The first kappa shape index (κ1) is 29.2. The predicted octanol–water partition coefficient (Wildman–Crippen LogP) is 4.83. The van der Waals surface area contributed by atoms with Crippen LogP contribution in [0.15, 0.2) is 65.6 Å². The lowest BCUT2D eigenvalue weighted by molar-refractivity contribution is -0.137. The maximum absolute atomic E-state index is 13.9. The van der Waals surface area contributed by atoms with Gasteiger partial charge in [0.25, 0.3) is 0 Å². The van der Waals surface area contributed by atoms with Crippen LogP contribution in [0.3, 0.4) is 0 Å². The van der Waals surface area contributed by atoms with Gasteiger partial charge in [-0.25, -0.2) is 23.6 Å². The number of carbonyl (C=O) groups excluding carboxylic acids is 1. The lowest BCUT2D eigenvalue weighted by Gasteiger charge is -2.28. The van der Waals surface area contributed by atoms with Crippen LogP contribution >= 0.6 is 0 Å². The molecule has 0 radical (unpaired) electrons. The van der Waals surface area contributed by atoms with Gasteiger partial charge in [-0.15, -0.1) is 0 Å². The van der Waals surface area contributed by atoms with E-state index in [2.05, 4.69) is 15.7 Å². The molecule has 0 saturated heterocycles. The largest absolute Gasteiger partial charge is 0.465 e. The molecule has 0 aliphatic heterocycles. The summed E-state index contributed by atoms with van der Waals surface area (Å²) in [5, 5.41) is 27.8. The standard InChI is InChI=1S/C29H26F3N7O4/c1-17-25(24-13-14-34-39(24)22-11-5-18(16-33)6-12-22)38(26(40)35-20-7-9-21(10-8-20)36-27(41)42)28(43)37(17)23-4-2-3-19(15-23)29(30,31)32/h2-6,11-15,20-21,36H,7-10H2,1H3,(H,35,40)(H,41,42). The Morgan fingerprint density at radius 1 is 1.00 bits per heavy atom. The van der Waals surface area contributed by atoms with Crippen LogP contribution in [0, 0.1) is 18.3 Å². The molecular weight excluding hydrogens is 567 g/mol. The van der Waals surface area contributed by atoms with Gasteiger partial charge in [0.05, 0.1) is 46.2 Å². The highest BCUT2D eigenvalue weighted by Gasteiger charge is 2.33. The monoisotopic (exact) mass is 593 g/mol. The van der Waals surface area contributed by atoms with Crippen LogP contribution in [0.4, 0.5) is 22.8 Å². The summed E-state index contributed by atoms with van der Waals surface area (Å²) in [5.41, 5.74) is -0.345. The molecule has 1 aliphatic carbocycles. The Morgan fingerprint density at radius 2 is 1.65 bits per heavy atom. The first-order chi connectivity index (χ1) is 20.5.